The predicted molar refractivity (Wildman–Crippen MR) is 190 cm³/mol. The Balaban J connectivity index is 1.23. The highest BCUT2D eigenvalue weighted by atomic mass is 35.5. The van der Waals surface area contributed by atoms with Crippen LogP contribution in [0.25, 0.3) is 11.3 Å². The maximum absolute atomic E-state index is 15.0. The molecule has 4 aliphatic rings. The van der Waals surface area contributed by atoms with E-state index >= 15 is 4.79 Å². The van der Waals surface area contributed by atoms with Gasteiger partial charge >= 0.3 is 18.6 Å². The van der Waals surface area contributed by atoms with Gasteiger partial charge < -0.3 is 25.3 Å². The number of nitrogens with one attached hydrogen (secondary N) is 1. The van der Waals surface area contributed by atoms with Crippen molar-refractivity contribution in [1.82, 2.24) is 25.0 Å². The summed E-state index contributed by atoms with van der Waals surface area (Å²) in [7, 11) is 0. The molecule has 20 heteroatoms. The summed E-state index contributed by atoms with van der Waals surface area (Å²) in [6.07, 6.45) is -7.22. The van der Waals surface area contributed by atoms with Crippen LogP contribution in [0.5, 0.6) is 11.5 Å². The first kappa shape index (κ1) is 39.9. The van der Waals surface area contributed by atoms with Crippen LogP contribution in [0.15, 0.2) is 65.9 Å². The number of aliphatic imine (C=N–C) groups is 1. The second-order valence-electron chi connectivity index (χ2n) is 15.4. The first-order valence-electron chi connectivity index (χ1n) is 17.6. The lowest BCUT2D eigenvalue weighted by atomic mass is 9.70. The fourth-order valence-corrected chi connectivity index (χ4v) is 7.53. The molecule has 12 nitrogen and oxygen atoms in total. The van der Waals surface area contributed by atoms with Gasteiger partial charge in [-0.25, -0.2) is 28.2 Å². The topological polar surface area (TPSA) is 146 Å². The highest BCUT2D eigenvalue weighted by molar-refractivity contribution is 6.32. The van der Waals surface area contributed by atoms with Crippen molar-refractivity contribution >= 4 is 35.1 Å². The largest absolute Gasteiger partial charge is 0.586 e. The Labute approximate surface area is 325 Å². The molecule has 1 aromatic heterocycles. The number of carbonyl (C=O) groups is 2. The van der Waals surface area contributed by atoms with Crippen molar-refractivity contribution < 1.29 is 54.5 Å². The van der Waals surface area contributed by atoms with E-state index < -0.39 is 71.8 Å². The van der Waals surface area contributed by atoms with Crippen molar-refractivity contribution in [2.75, 3.05) is 6.61 Å². The number of aromatic nitrogens is 3. The number of hydrogen-bond acceptors (Lipinski definition) is 9. The molecule has 57 heavy (non-hydrogen) atoms. The summed E-state index contributed by atoms with van der Waals surface area (Å²) in [4.78, 5) is 37.4. The van der Waals surface area contributed by atoms with Crippen molar-refractivity contribution in [2.24, 2.45) is 22.1 Å². The molecule has 1 unspecified atom stereocenters. The minimum absolute atomic E-state index is 0.0491. The van der Waals surface area contributed by atoms with Crippen molar-refractivity contribution in [3.05, 3.63) is 82.9 Å². The minimum Gasteiger partial charge on any atom is -0.447 e. The number of fused-ring (bicyclic) bond motifs is 1. The van der Waals surface area contributed by atoms with Gasteiger partial charge in [-0.05, 0) is 72.1 Å². The zero-order valence-electron chi connectivity index (χ0n) is 30.4. The van der Waals surface area contributed by atoms with Crippen LogP contribution in [0.3, 0.4) is 0 Å². The number of guanidine groups is 1. The monoisotopic (exact) mass is 825 g/mol. The molecule has 2 aromatic carbocycles. The SMILES string of the molecule is CC(C)(C)C[C@]1(C2C=CC(c3ccc4c(c3)OC(F)(F)O4)=CC2)N=C(N)N([C@H](COC(=O)NC2(C(F)(F)F)CC2)c2ccc(Cl)c(-n3ncnc3C(F)F)c2)C1=O. The van der Waals surface area contributed by atoms with Crippen molar-refractivity contribution in [3.8, 4) is 17.2 Å². The summed E-state index contributed by atoms with van der Waals surface area (Å²) in [5.74, 6) is -2.60. The molecule has 1 saturated carbocycles. The van der Waals surface area contributed by atoms with Gasteiger partial charge in [0, 0.05) is 5.92 Å². The van der Waals surface area contributed by atoms with Gasteiger partial charge in [-0.2, -0.15) is 18.3 Å². The summed E-state index contributed by atoms with van der Waals surface area (Å²) in [6, 6.07) is 7.00. The molecular weight excluding hydrogens is 791 g/mol. The number of nitrogens with two attached hydrogens (primary N) is 1. The Hall–Kier alpha value is -5.33. The third-order valence-electron chi connectivity index (χ3n) is 10.1. The Bertz CT molecular complexity index is 2200. The lowest BCUT2D eigenvalue weighted by molar-refractivity contribution is -0.286. The number of halogens is 8. The third kappa shape index (κ3) is 7.60. The molecule has 0 radical (unpaired) electrons. The van der Waals surface area contributed by atoms with Gasteiger partial charge in [-0.15, -0.1) is 8.78 Å². The quantitative estimate of drug-likeness (QED) is 0.196. The summed E-state index contributed by atoms with van der Waals surface area (Å²) in [5.41, 5.74) is 3.20. The number of nitrogens with zero attached hydrogens (tertiary/aromatic N) is 5. The van der Waals surface area contributed by atoms with E-state index in [0.717, 1.165) is 15.9 Å². The normalized spacial score (nSPS) is 22.7. The van der Waals surface area contributed by atoms with Gasteiger partial charge in [0.05, 0.1) is 16.8 Å². The molecule has 3 aromatic rings. The average molecular weight is 826 g/mol. The zero-order chi connectivity index (χ0) is 41.3. The minimum atomic E-state index is -4.75. The molecule has 0 spiro atoms. The molecule has 3 N–H and O–H groups in total. The van der Waals surface area contributed by atoms with Crippen molar-refractivity contribution in [1.29, 1.82) is 0 Å². The van der Waals surface area contributed by atoms with E-state index in [1.165, 1.54) is 30.3 Å². The second kappa shape index (κ2) is 13.9. The Morgan fingerprint density at radius 1 is 1.11 bits per heavy atom. The molecule has 0 bridgehead atoms. The van der Waals surface area contributed by atoms with Crippen LogP contribution in [-0.2, 0) is 9.53 Å². The molecule has 1 fully saturated rings. The van der Waals surface area contributed by atoms with Gasteiger partial charge in [0.1, 0.15) is 18.5 Å². The fourth-order valence-electron chi connectivity index (χ4n) is 7.33. The number of amides is 2. The first-order chi connectivity index (χ1) is 26.6. The number of ether oxygens (including phenoxy) is 3. The molecule has 3 heterocycles. The molecule has 304 valence electrons. The van der Waals surface area contributed by atoms with Crippen LogP contribution in [0.1, 0.15) is 75.9 Å². The van der Waals surface area contributed by atoms with E-state index in [2.05, 4.69) is 19.6 Å². The number of benzene rings is 2. The molecule has 2 amide bonds. The van der Waals surface area contributed by atoms with Crippen LogP contribution in [0, 0.1) is 11.3 Å². The van der Waals surface area contributed by atoms with E-state index in [1.54, 1.807) is 24.3 Å². The highest BCUT2D eigenvalue weighted by Gasteiger charge is 2.65. The third-order valence-corrected chi connectivity index (χ3v) is 10.4. The maximum Gasteiger partial charge on any atom is 0.586 e. The average Bonchev–Trinajstić information content (AvgIpc) is 3.51. The number of alkyl halides is 7. The van der Waals surface area contributed by atoms with E-state index in [1.807, 2.05) is 26.1 Å². The van der Waals surface area contributed by atoms with Crippen LogP contribution < -0.4 is 20.5 Å². The molecule has 2 aliphatic carbocycles. The van der Waals surface area contributed by atoms with Gasteiger partial charge in [-0.3, -0.25) is 9.69 Å². The standard InChI is InChI=1S/C37H35ClF7N7O5/c1-33(2,3)17-35(22-8-4-19(5-9-22)20-7-11-26-27(15-20)57-37(44,45)56-26)30(53)51(31(46)49-35)25(16-55-32(54)50-34(12-13-34)36(41,42)43)21-6-10-23(38)24(14-21)52-29(28(39)40)47-18-48-52/h4-8,10-11,14-15,18,22,25,28H,9,12-13,16-17H2,1-3H3,(H2,46,49)(H,50,54)/t22?,25-,35-/m1/s1. The van der Waals surface area contributed by atoms with Crippen LogP contribution in [0.4, 0.5) is 35.5 Å². The molecule has 2 aliphatic heterocycles. The van der Waals surface area contributed by atoms with E-state index in [-0.39, 0.29) is 59.4 Å². The van der Waals surface area contributed by atoms with Crippen LogP contribution >= 0.6 is 11.6 Å². The summed E-state index contributed by atoms with van der Waals surface area (Å²) in [6.45, 7) is 4.91. The predicted octanol–water partition coefficient (Wildman–Crippen LogP) is 8.03. The Morgan fingerprint density at radius 2 is 1.82 bits per heavy atom. The van der Waals surface area contributed by atoms with Crippen LogP contribution in [-0.4, -0.2) is 67.8 Å². The summed E-state index contributed by atoms with van der Waals surface area (Å²) in [5, 5.41) is 5.70. The Kier molecular flexibility index (Phi) is 9.76. The number of alkyl carbamates (subject to hydrolysis) is 1. The molecule has 7 rings (SSSR count). The summed E-state index contributed by atoms with van der Waals surface area (Å²) < 4.78 is 111. The van der Waals surface area contributed by atoms with E-state index in [9.17, 15) is 35.5 Å². The number of rotatable bonds is 10. The smallest absolute Gasteiger partial charge is 0.447 e. The first-order valence-corrected chi connectivity index (χ1v) is 18.0. The maximum atomic E-state index is 15.0. The van der Waals surface area contributed by atoms with E-state index in [4.69, 9.17) is 27.1 Å². The van der Waals surface area contributed by atoms with E-state index in [0.29, 0.717) is 11.1 Å². The number of allylic oxidation sites excluding steroid dienone is 3. The molecule has 3 atom stereocenters. The van der Waals surface area contributed by atoms with Crippen LogP contribution in [0.2, 0.25) is 5.02 Å². The highest BCUT2D eigenvalue weighted by Crippen LogP contribution is 2.50. The number of carbonyl (C=O) groups excluding carboxylic acids is 2. The summed E-state index contributed by atoms with van der Waals surface area (Å²) >= 11 is 6.43. The molecule has 0 saturated heterocycles. The lowest BCUT2D eigenvalue weighted by Crippen LogP contribution is -2.52. The van der Waals surface area contributed by atoms with Gasteiger partial charge in [0.15, 0.2) is 28.8 Å². The second-order valence-corrected chi connectivity index (χ2v) is 15.8. The van der Waals surface area contributed by atoms with Gasteiger partial charge in [0.25, 0.3) is 12.3 Å². The fraction of sp³-hybridized carbons (Fsp3) is 0.432. The van der Waals surface area contributed by atoms with Crippen molar-refractivity contribution in [3.63, 3.8) is 0 Å². The lowest BCUT2D eigenvalue weighted by Gasteiger charge is -2.39. The van der Waals surface area contributed by atoms with Gasteiger partial charge in [-0.1, -0.05) is 62.7 Å². The molecular formula is C37H35ClF7N7O5. The Morgan fingerprint density at radius 3 is 2.46 bits per heavy atom. The zero-order valence-corrected chi connectivity index (χ0v) is 31.2. The van der Waals surface area contributed by atoms with Crippen molar-refractivity contribution in [2.45, 2.75) is 82.5 Å². The number of hydrogen-bond donors (Lipinski definition) is 2. The van der Waals surface area contributed by atoms with Gasteiger partial charge in [0.2, 0.25) is 0 Å².